The average Bonchev–Trinajstić information content (AvgIpc) is 3.17. The van der Waals surface area contributed by atoms with Crippen LogP contribution in [0, 0.1) is 0 Å². The van der Waals surface area contributed by atoms with Crippen molar-refractivity contribution in [2.45, 2.75) is 18.8 Å². The van der Waals surface area contributed by atoms with Crippen LogP contribution >= 0.6 is 35.6 Å². The topological polar surface area (TPSA) is 27.1 Å². The number of ether oxygens (including phenoxy) is 1. The number of halogens is 3. The fourth-order valence-corrected chi connectivity index (χ4v) is 3.77. The Morgan fingerprint density at radius 2 is 1.96 bits per heavy atom. The van der Waals surface area contributed by atoms with Crippen LogP contribution in [-0.2, 0) is 23.5 Å². The van der Waals surface area contributed by atoms with E-state index in [4.69, 9.17) is 27.9 Å². The summed E-state index contributed by atoms with van der Waals surface area (Å²) in [5, 5.41) is 1.22. The number of imidazole rings is 1. The first-order valence-electron chi connectivity index (χ1n) is 7.33. The molecule has 1 aliphatic rings. The molecule has 0 aliphatic carbocycles. The monoisotopic (exact) mass is 380 g/mol. The molecular formula is C18H15Cl3N2O. The molecule has 2 aromatic carbocycles. The van der Waals surface area contributed by atoms with Crippen molar-refractivity contribution in [1.82, 2.24) is 9.55 Å². The molecule has 0 saturated heterocycles. The highest BCUT2D eigenvalue weighted by atomic mass is 35.5. The summed E-state index contributed by atoms with van der Waals surface area (Å²) < 4.78 is 8.32. The number of hydrogen-bond donors (Lipinski definition) is 0. The van der Waals surface area contributed by atoms with Gasteiger partial charge in [0.15, 0.2) is 0 Å². The third-order valence-electron chi connectivity index (χ3n) is 4.26. The van der Waals surface area contributed by atoms with E-state index in [1.165, 1.54) is 5.56 Å². The minimum atomic E-state index is -0.640. The van der Waals surface area contributed by atoms with Crippen LogP contribution in [0.25, 0.3) is 0 Å². The van der Waals surface area contributed by atoms with Crippen molar-refractivity contribution >= 4 is 35.6 Å². The van der Waals surface area contributed by atoms with Gasteiger partial charge in [0.1, 0.15) is 5.60 Å². The summed E-state index contributed by atoms with van der Waals surface area (Å²) in [6.07, 6.45) is 5.48. The van der Waals surface area contributed by atoms with E-state index in [1.54, 1.807) is 18.6 Å². The molecule has 0 fully saturated rings. The lowest BCUT2D eigenvalue weighted by Crippen LogP contribution is -2.32. The van der Waals surface area contributed by atoms with Crippen molar-refractivity contribution in [2.75, 3.05) is 0 Å². The van der Waals surface area contributed by atoms with Crippen LogP contribution in [0.5, 0.6) is 0 Å². The van der Waals surface area contributed by atoms with Gasteiger partial charge in [0.2, 0.25) is 0 Å². The molecule has 1 atom stereocenters. The first kappa shape index (κ1) is 17.3. The van der Waals surface area contributed by atoms with Crippen molar-refractivity contribution in [2.24, 2.45) is 0 Å². The molecule has 0 radical (unpaired) electrons. The van der Waals surface area contributed by atoms with E-state index in [0.29, 0.717) is 23.2 Å². The third kappa shape index (κ3) is 2.82. The fourth-order valence-electron chi connectivity index (χ4n) is 3.21. The quantitative estimate of drug-likeness (QED) is 0.632. The van der Waals surface area contributed by atoms with Crippen LogP contribution < -0.4 is 0 Å². The summed E-state index contributed by atoms with van der Waals surface area (Å²) in [5.74, 6) is 0. The summed E-state index contributed by atoms with van der Waals surface area (Å²) in [6.45, 7) is 1.16. The lowest BCUT2D eigenvalue weighted by Gasteiger charge is -2.31. The Labute approximate surface area is 156 Å². The number of benzene rings is 2. The smallest absolute Gasteiger partial charge is 0.138 e. The van der Waals surface area contributed by atoms with Crippen molar-refractivity contribution in [3.63, 3.8) is 0 Å². The van der Waals surface area contributed by atoms with Gasteiger partial charge in [-0.25, -0.2) is 4.98 Å². The zero-order chi connectivity index (χ0) is 15.9. The molecule has 0 N–H and O–H groups in total. The van der Waals surface area contributed by atoms with Crippen LogP contribution in [0.2, 0.25) is 10.0 Å². The van der Waals surface area contributed by atoms with Gasteiger partial charge < -0.3 is 9.30 Å². The molecule has 0 bridgehead atoms. The molecule has 0 unspecified atom stereocenters. The van der Waals surface area contributed by atoms with Crippen LogP contribution in [0.15, 0.2) is 61.2 Å². The second-order valence-electron chi connectivity index (χ2n) is 5.63. The van der Waals surface area contributed by atoms with Gasteiger partial charge in [-0.3, -0.25) is 0 Å². The second-order valence-corrected chi connectivity index (χ2v) is 6.48. The third-order valence-corrected chi connectivity index (χ3v) is 4.80. The van der Waals surface area contributed by atoms with Crippen LogP contribution in [0.3, 0.4) is 0 Å². The molecule has 4 rings (SSSR count). The lowest BCUT2D eigenvalue weighted by atomic mass is 9.85. The summed E-state index contributed by atoms with van der Waals surface area (Å²) in [6, 6.07) is 13.8. The predicted molar refractivity (Wildman–Crippen MR) is 97.9 cm³/mol. The molecule has 6 heteroatoms. The van der Waals surface area contributed by atoms with Gasteiger partial charge in [0, 0.05) is 28.0 Å². The van der Waals surface area contributed by atoms with Gasteiger partial charge >= 0.3 is 0 Å². The minimum Gasteiger partial charge on any atom is -0.359 e. The van der Waals surface area contributed by atoms with E-state index < -0.39 is 5.60 Å². The molecule has 0 amide bonds. The maximum atomic E-state index is 6.52. The lowest BCUT2D eigenvalue weighted by molar-refractivity contribution is -0.0180. The van der Waals surface area contributed by atoms with Gasteiger partial charge in [-0.15, -0.1) is 12.4 Å². The normalized spacial score (nSPS) is 18.9. The van der Waals surface area contributed by atoms with E-state index in [-0.39, 0.29) is 12.4 Å². The molecule has 24 heavy (non-hydrogen) atoms. The minimum absolute atomic E-state index is 0. The zero-order valence-corrected chi connectivity index (χ0v) is 15.0. The van der Waals surface area contributed by atoms with Crippen LogP contribution in [0.1, 0.15) is 16.7 Å². The first-order chi connectivity index (χ1) is 11.2. The van der Waals surface area contributed by atoms with Gasteiger partial charge in [-0.05, 0) is 23.3 Å². The molecule has 1 aromatic heterocycles. The molecule has 3 aromatic rings. The summed E-state index contributed by atoms with van der Waals surface area (Å²) in [7, 11) is 0. The Kier molecular flexibility index (Phi) is 4.88. The highest BCUT2D eigenvalue weighted by Crippen LogP contribution is 2.46. The Bertz CT molecular complexity index is 851. The molecule has 0 spiro atoms. The van der Waals surface area contributed by atoms with Gasteiger partial charge in [0.25, 0.3) is 0 Å². The number of rotatable bonds is 3. The Morgan fingerprint density at radius 3 is 2.71 bits per heavy atom. The molecule has 1 aliphatic heterocycles. The molecule has 0 saturated carbocycles. The summed E-state index contributed by atoms with van der Waals surface area (Å²) in [4.78, 5) is 4.13. The number of hydrogen-bond acceptors (Lipinski definition) is 2. The Morgan fingerprint density at radius 1 is 1.12 bits per heavy atom. The van der Waals surface area contributed by atoms with Gasteiger partial charge in [-0.2, -0.15) is 0 Å². The van der Waals surface area contributed by atoms with E-state index in [0.717, 1.165) is 11.1 Å². The first-order valence-corrected chi connectivity index (χ1v) is 8.08. The molecule has 124 valence electrons. The SMILES string of the molecule is Cl.Clc1ccc([C@]2(Cn3ccnc3)OCc3ccccc32)c(Cl)c1. The van der Waals surface area contributed by atoms with E-state index in [9.17, 15) is 0 Å². The van der Waals surface area contributed by atoms with E-state index in [2.05, 4.69) is 17.1 Å². The molecule has 2 heterocycles. The van der Waals surface area contributed by atoms with Crippen molar-refractivity contribution in [3.8, 4) is 0 Å². The average molecular weight is 382 g/mol. The maximum Gasteiger partial charge on any atom is 0.138 e. The van der Waals surface area contributed by atoms with Crippen LogP contribution in [-0.4, -0.2) is 9.55 Å². The predicted octanol–water partition coefficient (Wildman–Crippen LogP) is 5.09. The largest absolute Gasteiger partial charge is 0.359 e. The summed E-state index contributed by atoms with van der Waals surface area (Å²) >= 11 is 12.6. The summed E-state index contributed by atoms with van der Waals surface area (Å²) in [5.41, 5.74) is 2.60. The van der Waals surface area contributed by atoms with E-state index >= 15 is 0 Å². The van der Waals surface area contributed by atoms with Gasteiger partial charge in [-0.1, -0.05) is 53.5 Å². The maximum absolute atomic E-state index is 6.52. The van der Waals surface area contributed by atoms with Gasteiger partial charge in [0.05, 0.1) is 19.5 Å². The number of nitrogens with zero attached hydrogens (tertiary/aromatic N) is 2. The highest BCUT2D eigenvalue weighted by molar-refractivity contribution is 6.35. The number of fused-ring (bicyclic) bond motifs is 1. The fraction of sp³-hybridized carbons (Fsp3) is 0.167. The number of aromatic nitrogens is 2. The van der Waals surface area contributed by atoms with E-state index in [1.807, 2.05) is 35.0 Å². The Hall–Kier alpha value is -1.52. The zero-order valence-electron chi connectivity index (χ0n) is 12.7. The van der Waals surface area contributed by atoms with Crippen molar-refractivity contribution < 1.29 is 4.74 Å². The standard InChI is InChI=1S/C18H14Cl2N2O.ClH/c19-14-5-6-16(17(20)9-14)18(11-22-8-7-21-12-22)15-4-2-1-3-13(15)10-23-18;/h1-9,12H,10-11H2;1H/t18-;/m1./s1. The Balaban J connectivity index is 0.00000169. The second kappa shape index (κ2) is 6.77. The van der Waals surface area contributed by atoms with Crippen molar-refractivity contribution in [1.29, 1.82) is 0 Å². The molecule has 3 nitrogen and oxygen atoms in total. The van der Waals surface area contributed by atoms with Crippen LogP contribution in [0.4, 0.5) is 0 Å². The molecular weight excluding hydrogens is 367 g/mol. The highest BCUT2D eigenvalue weighted by Gasteiger charge is 2.43. The van der Waals surface area contributed by atoms with Crippen molar-refractivity contribution in [3.05, 3.63) is 87.9 Å².